The van der Waals surface area contributed by atoms with Gasteiger partial charge >= 0.3 is 11.9 Å². The Labute approximate surface area is 295 Å². The lowest BCUT2D eigenvalue weighted by molar-refractivity contribution is -0.297. The van der Waals surface area contributed by atoms with Crippen molar-refractivity contribution in [3.63, 3.8) is 0 Å². The monoisotopic (exact) mass is 722 g/mol. The second kappa shape index (κ2) is 28.0. The molecule has 0 aromatic rings. The Bertz CT molecular complexity index is 989. The van der Waals surface area contributed by atoms with Crippen LogP contribution in [-0.2, 0) is 38.7 Å². The van der Waals surface area contributed by atoms with Crippen LogP contribution in [-0.4, -0.2) is 96.0 Å². The van der Waals surface area contributed by atoms with Gasteiger partial charge in [0.05, 0.1) is 6.61 Å². The minimum atomic E-state index is -4.59. The molecule has 288 valence electrons. The van der Waals surface area contributed by atoms with E-state index in [2.05, 4.69) is 26.0 Å². The molecule has 0 radical (unpaired) electrons. The number of carbonyl (C=O) groups excluding carboxylic acids is 2. The Morgan fingerprint density at radius 3 is 1.71 bits per heavy atom. The quantitative estimate of drug-likeness (QED) is 0.0296. The lowest BCUT2D eigenvalue weighted by Gasteiger charge is -2.40. The zero-order valence-electron chi connectivity index (χ0n) is 30.1. The molecule has 13 heteroatoms. The largest absolute Gasteiger partial charge is 0.462 e. The highest BCUT2D eigenvalue weighted by Crippen LogP contribution is 2.24. The second-order valence-corrected chi connectivity index (χ2v) is 14.7. The van der Waals surface area contributed by atoms with Crippen LogP contribution in [0.3, 0.4) is 0 Å². The van der Waals surface area contributed by atoms with Gasteiger partial charge in [-0.25, -0.2) is 0 Å². The average molecular weight is 723 g/mol. The number of carbonyl (C=O) groups is 2. The summed E-state index contributed by atoms with van der Waals surface area (Å²) in [7, 11) is -4.59. The number of rotatable bonds is 30. The van der Waals surface area contributed by atoms with E-state index in [1.165, 1.54) is 64.2 Å². The van der Waals surface area contributed by atoms with Gasteiger partial charge in [0.25, 0.3) is 10.1 Å². The minimum absolute atomic E-state index is 0.163. The van der Waals surface area contributed by atoms with Gasteiger partial charge in [0.2, 0.25) is 0 Å². The summed E-state index contributed by atoms with van der Waals surface area (Å²) in [6.07, 6.45) is 15.8. The van der Waals surface area contributed by atoms with Crippen molar-refractivity contribution in [3.05, 3.63) is 12.2 Å². The van der Waals surface area contributed by atoms with Crippen molar-refractivity contribution in [1.82, 2.24) is 0 Å². The van der Waals surface area contributed by atoms with Crippen LogP contribution in [0.25, 0.3) is 0 Å². The molecule has 1 aliphatic rings. The van der Waals surface area contributed by atoms with Crippen LogP contribution in [0.5, 0.6) is 0 Å². The molecule has 4 N–H and O–H groups in total. The molecule has 0 spiro atoms. The normalized spacial score (nSPS) is 22.0. The van der Waals surface area contributed by atoms with Crippen LogP contribution in [0.4, 0.5) is 0 Å². The Hall–Kier alpha value is -1.61. The third-order valence-corrected chi connectivity index (χ3v) is 9.35. The number of ether oxygens (including phenoxy) is 4. The first-order valence-corrected chi connectivity index (χ1v) is 20.4. The van der Waals surface area contributed by atoms with Gasteiger partial charge in [0.1, 0.15) is 36.8 Å². The van der Waals surface area contributed by atoms with Crippen LogP contribution in [0, 0.1) is 0 Å². The molecule has 2 unspecified atom stereocenters. The predicted octanol–water partition coefficient (Wildman–Crippen LogP) is 5.94. The molecule has 0 aliphatic carbocycles. The molecule has 1 heterocycles. The highest BCUT2D eigenvalue weighted by molar-refractivity contribution is 7.85. The third-order valence-electron chi connectivity index (χ3n) is 8.60. The van der Waals surface area contributed by atoms with Crippen molar-refractivity contribution in [2.24, 2.45) is 0 Å². The molecule has 12 nitrogen and oxygen atoms in total. The standard InChI is InChI=1S/C36H66O12S/c1-3-5-7-9-11-13-14-15-16-17-19-20-22-24-31(37)45-26-29(47-32(38)25-23-21-18-12-10-8-6-4-2)27-46-36-35(41)34(40)33(39)30(48-36)28-49(42,43)44/h15-16,29-30,33-36,39-41H,3-14,17-28H2,1-2H3,(H,42,43,44)/b16-15+/t29-,30-,33-,34?,35?,36+/m1/s1. The van der Waals surface area contributed by atoms with Gasteiger partial charge in [-0.3, -0.25) is 14.1 Å². The van der Waals surface area contributed by atoms with E-state index in [9.17, 15) is 37.9 Å². The molecule has 0 saturated carbocycles. The van der Waals surface area contributed by atoms with Crippen LogP contribution < -0.4 is 0 Å². The molecule has 1 rings (SSSR count). The Morgan fingerprint density at radius 2 is 1.16 bits per heavy atom. The minimum Gasteiger partial charge on any atom is -0.462 e. The van der Waals surface area contributed by atoms with E-state index < -0.39 is 71.2 Å². The van der Waals surface area contributed by atoms with Gasteiger partial charge < -0.3 is 34.3 Å². The smallest absolute Gasteiger partial charge is 0.306 e. The number of hydrogen-bond donors (Lipinski definition) is 4. The lowest BCUT2D eigenvalue weighted by Crippen LogP contribution is -2.60. The van der Waals surface area contributed by atoms with E-state index in [4.69, 9.17) is 18.9 Å². The van der Waals surface area contributed by atoms with Gasteiger partial charge in [0.15, 0.2) is 12.4 Å². The van der Waals surface area contributed by atoms with E-state index in [0.29, 0.717) is 12.8 Å². The van der Waals surface area contributed by atoms with Gasteiger partial charge in [-0.15, -0.1) is 0 Å². The number of aliphatic hydroxyl groups excluding tert-OH is 3. The summed E-state index contributed by atoms with van der Waals surface area (Å²) in [6.45, 7) is 3.66. The maximum atomic E-state index is 12.6. The van der Waals surface area contributed by atoms with Crippen LogP contribution in [0.15, 0.2) is 12.2 Å². The molecule has 49 heavy (non-hydrogen) atoms. The molecule has 1 aliphatic heterocycles. The predicted molar refractivity (Wildman–Crippen MR) is 187 cm³/mol. The van der Waals surface area contributed by atoms with Gasteiger partial charge in [-0.1, -0.05) is 109 Å². The highest BCUT2D eigenvalue weighted by atomic mass is 32.2. The van der Waals surface area contributed by atoms with Crippen LogP contribution >= 0.6 is 0 Å². The fourth-order valence-electron chi connectivity index (χ4n) is 5.61. The van der Waals surface area contributed by atoms with Crippen molar-refractivity contribution in [1.29, 1.82) is 0 Å². The third kappa shape index (κ3) is 23.5. The zero-order valence-corrected chi connectivity index (χ0v) is 30.9. The van der Waals surface area contributed by atoms with Crippen LogP contribution in [0.1, 0.15) is 149 Å². The number of aliphatic hydroxyl groups is 3. The first kappa shape index (κ1) is 45.4. The van der Waals surface area contributed by atoms with Crippen molar-refractivity contribution in [2.45, 2.75) is 185 Å². The summed E-state index contributed by atoms with van der Waals surface area (Å²) < 4.78 is 53.6. The molecule has 1 fully saturated rings. The fraction of sp³-hybridized carbons (Fsp3) is 0.889. The molecule has 0 aromatic carbocycles. The molecule has 1 saturated heterocycles. The maximum Gasteiger partial charge on any atom is 0.306 e. The Balaban J connectivity index is 2.53. The van der Waals surface area contributed by atoms with E-state index in [0.717, 1.165) is 44.9 Å². The number of allylic oxidation sites excluding steroid dienone is 2. The summed E-state index contributed by atoms with van der Waals surface area (Å²) in [5.41, 5.74) is 0. The first-order chi connectivity index (χ1) is 23.5. The van der Waals surface area contributed by atoms with Crippen molar-refractivity contribution in [3.8, 4) is 0 Å². The van der Waals surface area contributed by atoms with Crippen molar-refractivity contribution >= 4 is 22.1 Å². The fourth-order valence-corrected chi connectivity index (χ4v) is 6.30. The second-order valence-electron chi connectivity index (χ2n) is 13.2. The van der Waals surface area contributed by atoms with Gasteiger partial charge in [0, 0.05) is 12.8 Å². The topological polar surface area (TPSA) is 186 Å². The number of esters is 2. The maximum absolute atomic E-state index is 12.6. The molecular formula is C36H66O12S. The molecule has 0 aromatic heterocycles. The van der Waals surface area contributed by atoms with E-state index in [-0.39, 0.29) is 19.4 Å². The molecule has 0 amide bonds. The summed E-state index contributed by atoms with van der Waals surface area (Å²) in [5.74, 6) is -2.00. The summed E-state index contributed by atoms with van der Waals surface area (Å²) in [6, 6.07) is 0. The van der Waals surface area contributed by atoms with Crippen molar-refractivity contribution in [2.75, 3.05) is 19.0 Å². The first-order valence-electron chi connectivity index (χ1n) is 18.7. The van der Waals surface area contributed by atoms with Crippen LogP contribution in [0.2, 0.25) is 0 Å². The van der Waals surface area contributed by atoms with Crippen molar-refractivity contribution < 1.29 is 56.8 Å². The summed E-state index contributed by atoms with van der Waals surface area (Å²) in [5, 5.41) is 30.6. The van der Waals surface area contributed by atoms with Gasteiger partial charge in [-0.2, -0.15) is 8.42 Å². The number of unbranched alkanes of at least 4 members (excludes halogenated alkanes) is 16. The number of hydrogen-bond acceptors (Lipinski definition) is 11. The molecular weight excluding hydrogens is 656 g/mol. The molecule has 0 bridgehead atoms. The van der Waals surface area contributed by atoms with E-state index in [1.54, 1.807) is 0 Å². The summed E-state index contributed by atoms with van der Waals surface area (Å²) in [4.78, 5) is 25.1. The lowest BCUT2D eigenvalue weighted by atomic mass is 10.00. The Kier molecular flexibility index (Phi) is 26.0. The Morgan fingerprint density at radius 1 is 0.673 bits per heavy atom. The highest BCUT2D eigenvalue weighted by Gasteiger charge is 2.46. The van der Waals surface area contributed by atoms with E-state index >= 15 is 0 Å². The average Bonchev–Trinajstić information content (AvgIpc) is 3.05. The van der Waals surface area contributed by atoms with E-state index in [1.807, 2.05) is 0 Å². The molecule has 6 atom stereocenters. The zero-order chi connectivity index (χ0) is 36.3. The summed E-state index contributed by atoms with van der Waals surface area (Å²) >= 11 is 0. The van der Waals surface area contributed by atoms with Gasteiger partial charge in [-0.05, 0) is 38.5 Å². The SMILES string of the molecule is CCCCCCCC/C=C/CCCCCC(=O)OC[C@H](CO[C@H]1O[C@H](CS(=O)(=O)O)[C@@H](O)C(O)C1O)OC(=O)CCCCCCCCCC.